The van der Waals surface area contributed by atoms with E-state index in [9.17, 15) is 9.59 Å². The zero-order valence-electron chi connectivity index (χ0n) is 14.9. The minimum Gasteiger partial charge on any atom is -0.282 e. The van der Waals surface area contributed by atoms with Crippen LogP contribution in [0.25, 0.3) is 0 Å². The molecule has 1 aliphatic rings. The summed E-state index contributed by atoms with van der Waals surface area (Å²) in [6, 6.07) is 0. The normalized spacial score (nSPS) is 16.6. The van der Waals surface area contributed by atoms with Crippen molar-refractivity contribution in [2.75, 3.05) is 0 Å². The Labute approximate surface area is 146 Å². The van der Waals surface area contributed by atoms with Crippen molar-refractivity contribution in [1.82, 2.24) is 5.32 Å². The van der Waals surface area contributed by atoms with Gasteiger partial charge in [-0.2, -0.15) is 0 Å². The van der Waals surface area contributed by atoms with Gasteiger partial charge in [0.15, 0.2) is 0 Å². The van der Waals surface area contributed by atoms with Crippen molar-refractivity contribution >= 4 is 22.9 Å². The topological polar surface area (TPSA) is 46.2 Å². The predicted molar refractivity (Wildman–Crippen MR) is 99.5 cm³/mol. The highest BCUT2D eigenvalue weighted by molar-refractivity contribution is 8.18. The first kappa shape index (κ1) is 20.3. The Morgan fingerprint density at radius 1 is 0.870 bits per heavy atom. The van der Waals surface area contributed by atoms with Crippen LogP contribution in [0, 0.1) is 5.92 Å². The van der Waals surface area contributed by atoms with Gasteiger partial charge in [0, 0.05) is 0 Å². The van der Waals surface area contributed by atoms with Gasteiger partial charge in [0.05, 0.1) is 4.91 Å². The molecule has 4 heteroatoms. The Balaban J connectivity index is 2.42. The molecule has 1 fully saturated rings. The number of rotatable bonds is 13. The van der Waals surface area contributed by atoms with Crippen molar-refractivity contribution in [2.45, 2.75) is 90.9 Å². The molecule has 2 amide bonds. The van der Waals surface area contributed by atoms with Crippen LogP contribution in [0.4, 0.5) is 4.79 Å². The summed E-state index contributed by atoms with van der Waals surface area (Å²) < 4.78 is 0. The van der Waals surface area contributed by atoms with Crippen LogP contribution in [0.5, 0.6) is 0 Å². The zero-order chi connectivity index (χ0) is 16.9. The molecule has 1 saturated heterocycles. The van der Waals surface area contributed by atoms with Crippen LogP contribution in [0.15, 0.2) is 11.0 Å². The molecule has 1 rings (SSSR count). The molecule has 0 aromatic heterocycles. The smallest absolute Gasteiger partial charge is 0.282 e. The first-order valence-corrected chi connectivity index (χ1v) is 10.2. The molecule has 1 N–H and O–H groups in total. The minimum atomic E-state index is -0.231. The highest BCUT2D eigenvalue weighted by Crippen LogP contribution is 2.28. The summed E-state index contributed by atoms with van der Waals surface area (Å²) in [5.74, 6) is 0.236. The largest absolute Gasteiger partial charge is 0.290 e. The van der Waals surface area contributed by atoms with Gasteiger partial charge in [0.25, 0.3) is 11.1 Å². The van der Waals surface area contributed by atoms with E-state index in [0.29, 0.717) is 10.8 Å². The molecule has 0 unspecified atom stereocenters. The Bertz CT molecular complexity index is 379. The van der Waals surface area contributed by atoms with E-state index in [1.165, 1.54) is 64.2 Å². The van der Waals surface area contributed by atoms with Crippen molar-refractivity contribution in [3.8, 4) is 0 Å². The Morgan fingerprint density at radius 2 is 1.39 bits per heavy atom. The van der Waals surface area contributed by atoms with Crippen LogP contribution in [-0.4, -0.2) is 11.1 Å². The van der Waals surface area contributed by atoms with E-state index in [1.807, 2.05) is 0 Å². The molecule has 0 radical (unpaired) electrons. The lowest BCUT2D eigenvalue weighted by Gasteiger charge is -2.13. The van der Waals surface area contributed by atoms with Crippen LogP contribution < -0.4 is 5.32 Å². The third-order valence-electron chi connectivity index (χ3n) is 4.39. The van der Waals surface area contributed by atoms with Crippen molar-refractivity contribution in [3.63, 3.8) is 0 Å². The van der Waals surface area contributed by atoms with Gasteiger partial charge in [-0.1, -0.05) is 84.1 Å². The van der Waals surface area contributed by atoms with Crippen molar-refractivity contribution in [3.05, 3.63) is 11.0 Å². The number of carbonyl (C=O) groups is 2. The molecule has 0 bridgehead atoms. The zero-order valence-corrected chi connectivity index (χ0v) is 15.7. The summed E-state index contributed by atoms with van der Waals surface area (Å²) in [7, 11) is 0. The summed E-state index contributed by atoms with van der Waals surface area (Å²) in [6.45, 7) is 4.47. The lowest BCUT2D eigenvalue weighted by molar-refractivity contribution is -0.115. The first-order chi connectivity index (χ1) is 11.2. The number of nitrogens with one attached hydrogen (secondary N) is 1. The van der Waals surface area contributed by atoms with Crippen LogP contribution in [-0.2, 0) is 4.79 Å². The molecular weight excluding hydrogens is 306 g/mol. The molecule has 0 saturated carbocycles. The maximum absolute atomic E-state index is 11.7. The quantitative estimate of drug-likeness (QED) is 0.321. The predicted octanol–water partition coefficient (Wildman–Crippen LogP) is 6.19. The van der Waals surface area contributed by atoms with E-state index in [4.69, 9.17) is 0 Å². The summed E-state index contributed by atoms with van der Waals surface area (Å²) in [6.07, 6.45) is 17.1. The van der Waals surface area contributed by atoms with Gasteiger partial charge in [0.1, 0.15) is 0 Å². The van der Waals surface area contributed by atoms with E-state index in [-0.39, 0.29) is 11.1 Å². The van der Waals surface area contributed by atoms with E-state index in [2.05, 4.69) is 25.2 Å². The second kappa shape index (κ2) is 12.6. The highest BCUT2D eigenvalue weighted by atomic mass is 32.2. The molecule has 1 aliphatic heterocycles. The van der Waals surface area contributed by atoms with Crippen LogP contribution >= 0.6 is 11.8 Å². The molecule has 0 atom stereocenters. The molecule has 132 valence electrons. The summed E-state index contributed by atoms with van der Waals surface area (Å²) >= 11 is 1.06. The minimum absolute atomic E-state index is 0.207. The maximum Gasteiger partial charge on any atom is 0.290 e. The van der Waals surface area contributed by atoms with Gasteiger partial charge in [-0.25, -0.2) is 0 Å². The summed E-state index contributed by atoms with van der Waals surface area (Å²) in [5.41, 5.74) is 0. The van der Waals surface area contributed by atoms with Crippen LogP contribution in [0.1, 0.15) is 90.9 Å². The number of unbranched alkanes of at least 4 members (excludes halogenated alkanes) is 8. The second-order valence-electron chi connectivity index (χ2n) is 6.54. The molecule has 0 spiro atoms. The Morgan fingerprint density at radius 3 is 1.83 bits per heavy atom. The third kappa shape index (κ3) is 9.19. The van der Waals surface area contributed by atoms with Crippen LogP contribution in [0.2, 0.25) is 0 Å². The molecule has 0 aromatic rings. The summed E-state index contributed by atoms with van der Waals surface area (Å²) in [4.78, 5) is 23.6. The number of amides is 2. The molecular formula is C19H33NO2S. The average Bonchev–Trinajstić information content (AvgIpc) is 2.84. The van der Waals surface area contributed by atoms with E-state index in [1.54, 1.807) is 0 Å². The number of thioether (sulfide) groups is 1. The van der Waals surface area contributed by atoms with E-state index < -0.39 is 0 Å². The van der Waals surface area contributed by atoms with Crippen molar-refractivity contribution in [1.29, 1.82) is 0 Å². The van der Waals surface area contributed by atoms with Gasteiger partial charge in [-0.05, 0) is 30.5 Å². The number of imide groups is 1. The van der Waals surface area contributed by atoms with Gasteiger partial charge >= 0.3 is 0 Å². The average molecular weight is 340 g/mol. The molecule has 0 aliphatic carbocycles. The fourth-order valence-corrected chi connectivity index (χ4v) is 3.73. The van der Waals surface area contributed by atoms with Crippen LogP contribution in [0.3, 0.4) is 0 Å². The third-order valence-corrected chi connectivity index (χ3v) is 5.21. The van der Waals surface area contributed by atoms with Crippen molar-refractivity contribution < 1.29 is 9.59 Å². The van der Waals surface area contributed by atoms with Gasteiger partial charge in [-0.3, -0.25) is 14.9 Å². The number of carbonyl (C=O) groups excluding carboxylic acids is 2. The van der Waals surface area contributed by atoms with E-state index in [0.717, 1.165) is 24.6 Å². The Kier molecular flexibility index (Phi) is 11.1. The maximum atomic E-state index is 11.7. The number of hydrogen-bond acceptors (Lipinski definition) is 3. The van der Waals surface area contributed by atoms with Gasteiger partial charge in [0.2, 0.25) is 0 Å². The monoisotopic (exact) mass is 339 g/mol. The molecule has 1 heterocycles. The van der Waals surface area contributed by atoms with E-state index >= 15 is 0 Å². The molecule has 0 aromatic carbocycles. The fourth-order valence-electron chi connectivity index (χ4n) is 2.98. The fraction of sp³-hybridized carbons (Fsp3) is 0.789. The lowest BCUT2D eigenvalue weighted by atomic mass is 9.93. The SMILES string of the molecule is CCCCCCCC(/C=C1\SC(=O)NC1=O)CCCCCCC. The summed E-state index contributed by atoms with van der Waals surface area (Å²) in [5, 5.41) is 2.13. The standard InChI is InChI=1S/C19H33NO2S/c1-3-5-7-9-11-13-16(14-12-10-8-6-4-2)15-17-18(21)20-19(22)23-17/h15-16H,3-14H2,1-2H3,(H,20,21,22)/b17-15-. The first-order valence-electron chi connectivity index (χ1n) is 9.42. The number of allylic oxidation sites excluding steroid dienone is 1. The molecule has 23 heavy (non-hydrogen) atoms. The highest BCUT2D eigenvalue weighted by Gasteiger charge is 2.25. The number of hydrogen-bond donors (Lipinski definition) is 1. The Hall–Kier alpha value is -0.770. The van der Waals surface area contributed by atoms with Gasteiger partial charge < -0.3 is 0 Å². The lowest BCUT2D eigenvalue weighted by Crippen LogP contribution is -2.18. The second-order valence-corrected chi connectivity index (χ2v) is 7.56. The molecule has 3 nitrogen and oxygen atoms in total. The van der Waals surface area contributed by atoms with Crippen molar-refractivity contribution in [2.24, 2.45) is 5.92 Å². The van der Waals surface area contributed by atoms with Gasteiger partial charge in [-0.15, -0.1) is 0 Å².